The number of rotatable bonds is 1. The first kappa shape index (κ1) is 14.7. The summed E-state index contributed by atoms with van der Waals surface area (Å²) >= 11 is 0. The van der Waals surface area contributed by atoms with Gasteiger partial charge in [-0.1, -0.05) is 36.4 Å². The molecule has 0 fully saturated rings. The van der Waals surface area contributed by atoms with Crippen LogP contribution < -0.4 is 4.74 Å². The average molecular weight is 309 g/mol. The average Bonchev–Trinajstić information content (AvgIpc) is 2.58. The molecule has 0 amide bonds. The van der Waals surface area contributed by atoms with Crippen LogP contribution in [0.2, 0.25) is 0 Å². The van der Waals surface area contributed by atoms with E-state index in [1.807, 2.05) is 0 Å². The molecule has 120 valence electrons. The minimum Gasteiger partial charge on any atom is -0.490 e. The van der Waals surface area contributed by atoms with Gasteiger partial charge in [0.2, 0.25) is 0 Å². The molecular weight excluding hydrogens is 286 g/mol. The van der Waals surface area contributed by atoms with Crippen LogP contribution in [-0.2, 0) is 13.0 Å². The van der Waals surface area contributed by atoms with Crippen molar-refractivity contribution in [3.05, 3.63) is 64.2 Å². The van der Waals surface area contributed by atoms with E-state index in [2.05, 4.69) is 55.1 Å². The van der Waals surface area contributed by atoms with Gasteiger partial charge in [0.25, 0.3) is 0 Å². The second kappa shape index (κ2) is 5.66. The van der Waals surface area contributed by atoms with Crippen molar-refractivity contribution in [1.29, 1.82) is 0 Å². The van der Waals surface area contributed by atoms with Crippen LogP contribution in [0.3, 0.4) is 0 Å². The number of ether oxygens (including phenoxy) is 1. The zero-order valence-corrected chi connectivity index (χ0v) is 13.7. The van der Waals surface area contributed by atoms with E-state index in [4.69, 9.17) is 4.74 Å². The van der Waals surface area contributed by atoms with Crippen molar-refractivity contribution >= 4 is 0 Å². The lowest BCUT2D eigenvalue weighted by atomic mass is 9.90. The van der Waals surface area contributed by atoms with Gasteiger partial charge < -0.3 is 9.84 Å². The summed E-state index contributed by atoms with van der Waals surface area (Å²) in [5.41, 5.74) is 6.37. The fourth-order valence-electron chi connectivity index (χ4n) is 3.90. The van der Waals surface area contributed by atoms with Crippen molar-refractivity contribution in [3.8, 4) is 5.75 Å². The lowest BCUT2D eigenvalue weighted by molar-refractivity contribution is -0.00580. The first-order valence-corrected chi connectivity index (χ1v) is 8.37. The van der Waals surface area contributed by atoms with Crippen LogP contribution in [0.1, 0.15) is 33.9 Å². The molecule has 2 aliphatic rings. The van der Waals surface area contributed by atoms with Crippen LogP contribution in [0.15, 0.2) is 36.4 Å². The lowest BCUT2D eigenvalue weighted by Crippen LogP contribution is -2.44. The number of aryl methyl sites for hydroxylation is 1. The second-order valence-corrected chi connectivity index (χ2v) is 6.74. The van der Waals surface area contributed by atoms with Crippen molar-refractivity contribution < 1.29 is 9.84 Å². The van der Waals surface area contributed by atoms with Gasteiger partial charge >= 0.3 is 0 Å². The van der Waals surface area contributed by atoms with Crippen LogP contribution >= 0.6 is 0 Å². The highest BCUT2D eigenvalue weighted by Crippen LogP contribution is 2.40. The molecule has 2 unspecified atom stereocenters. The Morgan fingerprint density at radius 2 is 1.87 bits per heavy atom. The van der Waals surface area contributed by atoms with Crippen molar-refractivity contribution in [1.82, 2.24) is 4.90 Å². The van der Waals surface area contributed by atoms with Gasteiger partial charge in [-0.25, -0.2) is 0 Å². The van der Waals surface area contributed by atoms with E-state index >= 15 is 0 Å². The normalized spacial score (nSPS) is 23.8. The molecule has 23 heavy (non-hydrogen) atoms. The molecule has 2 aromatic rings. The summed E-state index contributed by atoms with van der Waals surface area (Å²) in [6.45, 7) is 6.46. The monoisotopic (exact) mass is 309 g/mol. The van der Waals surface area contributed by atoms with Gasteiger partial charge in [-0.15, -0.1) is 0 Å². The lowest BCUT2D eigenvalue weighted by Gasteiger charge is -2.41. The van der Waals surface area contributed by atoms with E-state index < -0.39 is 6.10 Å². The number of hydrogen-bond acceptors (Lipinski definition) is 3. The van der Waals surface area contributed by atoms with Crippen LogP contribution in [0, 0.1) is 13.8 Å². The number of benzene rings is 2. The number of aliphatic hydroxyl groups is 1. The second-order valence-electron chi connectivity index (χ2n) is 6.74. The van der Waals surface area contributed by atoms with E-state index in [9.17, 15) is 5.11 Å². The standard InChI is InChI=1S/C20H23NO2/c1-13-7-8-17-19(18(22)12-23-20(17)14(13)2)21-10-9-15-5-3-4-6-16(15)11-21/h3-8,18-19,22H,9-12H2,1-2H3. The predicted molar refractivity (Wildman–Crippen MR) is 90.7 cm³/mol. The summed E-state index contributed by atoms with van der Waals surface area (Å²) < 4.78 is 5.86. The van der Waals surface area contributed by atoms with Crippen LogP contribution in [0.5, 0.6) is 5.75 Å². The molecule has 3 nitrogen and oxygen atoms in total. The van der Waals surface area contributed by atoms with Crippen molar-refractivity contribution in [2.24, 2.45) is 0 Å². The molecular formula is C20H23NO2. The molecule has 2 aromatic carbocycles. The molecule has 0 radical (unpaired) electrons. The van der Waals surface area contributed by atoms with Crippen LogP contribution in [0.25, 0.3) is 0 Å². The Hall–Kier alpha value is -1.84. The molecule has 2 aliphatic heterocycles. The molecule has 3 heteroatoms. The smallest absolute Gasteiger partial charge is 0.127 e. The zero-order valence-electron chi connectivity index (χ0n) is 13.7. The van der Waals surface area contributed by atoms with Crippen LogP contribution in [0.4, 0.5) is 0 Å². The number of fused-ring (bicyclic) bond motifs is 2. The zero-order chi connectivity index (χ0) is 16.0. The maximum atomic E-state index is 10.6. The predicted octanol–water partition coefficient (Wildman–Crippen LogP) is 3.16. The molecule has 4 rings (SSSR count). The Bertz CT molecular complexity index is 740. The quantitative estimate of drug-likeness (QED) is 0.878. The summed E-state index contributed by atoms with van der Waals surface area (Å²) in [5, 5.41) is 10.6. The van der Waals surface area contributed by atoms with Gasteiger partial charge in [0.05, 0.1) is 6.04 Å². The summed E-state index contributed by atoms with van der Waals surface area (Å²) in [6, 6.07) is 12.9. The van der Waals surface area contributed by atoms with Gasteiger partial charge in [-0.3, -0.25) is 4.90 Å². The highest BCUT2D eigenvalue weighted by atomic mass is 16.5. The first-order valence-electron chi connectivity index (χ1n) is 8.37. The van der Waals surface area contributed by atoms with E-state index in [0.717, 1.165) is 30.8 Å². The molecule has 0 aromatic heterocycles. The summed E-state index contributed by atoms with van der Waals surface area (Å²) in [6.07, 6.45) is 0.565. The molecule has 0 saturated heterocycles. The third-order valence-electron chi connectivity index (χ3n) is 5.34. The third-order valence-corrected chi connectivity index (χ3v) is 5.34. The van der Waals surface area contributed by atoms with Gasteiger partial charge in [0.15, 0.2) is 0 Å². The summed E-state index contributed by atoms with van der Waals surface area (Å²) in [7, 11) is 0. The maximum absolute atomic E-state index is 10.6. The molecule has 2 atom stereocenters. The Kier molecular flexibility index (Phi) is 3.63. The van der Waals surface area contributed by atoms with E-state index in [-0.39, 0.29) is 6.04 Å². The maximum Gasteiger partial charge on any atom is 0.127 e. The Morgan fingerprint density at radius 1 is 1.09 bits per heavy atom. The highest BCUT2D eigenvalue weighted by Gasteiger charge is 2.36. The number of hydrogen-bond donors (Lipinski definition) is 1. The third kappa shape index (κ3) is 2.44. The summed E-state index contributed by atoms with van der Waals surface area (Å²) in [4.78, 5) is 2.41. The van der Waals surface area contributed by atoms with E-state index in [1.165, 1.54) is 22.3 Å². The summed E-state index contributed by atoms with van der Waals surface area (Å²) in [5.74, 6) is 0.971. The largest absolute Gasteiger partial charge is 0.490 e. The van der Waals surface area contributed by atoms with Crippen molar-refractivity contribution in [2.75, 3.05) is 13.2 Å². The molecule has 0 saturated carbocycles. The van der Waals surface area contributed by atoms with Crippen molar-refractivity contribution in [3.63, 3.8) is 0 Å². The Morgan fingerprint density at radius 3 is 2.70 bits per heavy atom. The molecule has 0 bridgehead atoms. The molecule has 1 N–H and O–H groups in total. The Balaban J connectivity index is 1.71. The fourth-order valence-corrected chi connectivity index (χ4v) is 3.90. The topological polar surface area (TPSA) is 32.7 Å². The number of aliphatic hydroxyl groups excluding tert-OH is 1. The van der Waals surface area contributed by atoms with Crippen LogP contribution in [-0.4, -0.2) is 29.3 Å². The molecule has 2 heterocycles. The minimum atomic E-state index is -0.477. The Labute approximate surface area is 137 Å². The first-order chi connectivity index (χ1) is 11.1. The highest BCUT2D eigenvalue weighted by molar-refractivity contribution is 5.48. The van der Waals surface area contributed by atoms with E-state index in [0.29, 0.717) is 6.61 Å². The van der Waals surface area contributed by atoms with Gasteiger partial charge in [0.1, 0.15) is 18.5 Å². The SMILES string of the molecule is Cc1ccc2c(c1C)OCC(O)C2N1CCc2ccccc2C1. The molecule has 0 aliphatic carbocycles. The van der Waals surface area contributed by atoms with Gasteiger partial charge in [-0.05, 0) is 42.5 Å². The van der Waals surface area contributed by atoms with Gasteiger partial charge in [0, 0.05) is 18.7 Å². The van der Waals surface area contributed by atoms with Crippen molar-refractivity contribution in [2.45, 2.75) is 39.0 Å². The number of nitrogens with zero attached hydrogens (tertiary/aromatic N) is 1. The fraction of sp³-hybridized carbons (Fsp3) is 0.400. The van der Waals surface area contributed by atoms with E-state index in [1.54, 1.807) is 0 Å². The molecule has 0 spiro atoms. The van der Waals surface area contributed by atoms with Gasteiger partial charge in [-0.2, -0.15) is 0 Å². The minimum absolute atomic E-state index is 0.0198.